The Morgan fingerprint density at radius 3 is 2.31 bits per heavy atom. The van der Waals surface area contributed by atoms with E-state index in [9.17, 15) is 14.9 Å². The molecule has 1 N–H and O–H groups in total. The first-order valence-corrected chi connectivity index (χ1v) is 7.73. The fraction of sp³-hybridized carbons (Fsp3) is 0. The van der Waals surface area contributed by atoms with Gasteiger partial charge in [0.05, 0.1) is 0 Å². The maximum absolute atomic E-state index is 12.0. The van der Waals surface area contributed by atoms with Crippen LogP contribution in [0.3, 0.4) is 0 Å². The largest absolute Gasteiger partial charge is 0.478 e. The average Bonchev–Trinajstić information content (AvgIpc) is 2.96. The van der Waals surface area contributed by atoms with Crippen molar-refractivity contribution in [2.24, 2.45) is 0 Å². The van der Waals surface area contributed by atoms with Gasteiger partial charge in [0.15, 0.2) is 0 Å². The maximum atomic E-state index is 12.0. The van der Waals surface area contributed by atoms with Crippen LogP contribution in [-0.4, -0.2) is 17.0 Å². The summed E-state index contributed by atoms with van der Waals surface area (Å²) < 4.78 is 5.28. The molecule has 3 rings (SSSR count). The molecular formula is C21H13NO4. The van der Waals surface area contributed by atoms with Crippen molar-refractivity contribution in [3.8, 4) is 6.07 Å². The smallest absolute Gasteiger partial charge is 0.355 e. The Balaban J connectivity index is 1.97. The zero-order chi connectivity index (χ0) is 18.5. The molecule has 0 fully saturated rings. The second kappa shape index (κ2) is 7.32. The summed E-state index contributed by atoms with van der Waals surface area (Å²) in [5.74, 6) is -1.37. The van der Waals surface area contributed by atoms with E-state index in [1.54, 1.807) is 30.3 Å². The Morgan fingerprint density at radius 1 is 1.04 bits per heavy atom. The molecule has 0 spiro atoms. The Bertz CT molecular complexity index is 991. The van der Waals surface area contributed by atoms with E-state index in [2.05, 4.69) is 0 Å². The number of hydrogen-bond acceptors (Lipinski definition) is 4. The van der Waals surface area contributed by atoms with E-state index >= 15 is 0 Å². The minimum atomic E-state index is -1.02. The van der Waals surface area contributed by atoms with Gasteiger partial charge in [-0.2, -0.15) is 5.26 Å². The molecule has 2 aromatic rings. The second-order valence-corrected chi connectivity index (χ2v) is 5.46. The number of nitrogens with zero attached hydrogens (tertiary/aromatic N) is 1. The minimum Gasteiger partial charge on any atom is -0.478 e. The lowest BCUT2D eigenvalue weighted by Crippen LogP contribution is -1.96. The van der Waals surface area contributed by atoms with Crippen molar-refractivity contribution in [3.05, 3.63) is 88.7 Å². The lowest BCUT2D eigenvalue weighted by molar-refractivity contribution is -0.133. The van der Waals surface area contributed by atoms with Crippen LogP contribution >= 0.6 is 0 Å². The fourth-order valence-corrected chi connectivity index (χ4v) is 2.54. The minimum absolute atomic E-state index is 0.0246. The van der Waals surface area contributed by atoms with Crippen molar-refractivity contribution in [2.45, 2.75) is 0 Å². The number of esters is 1. The summed E-state index contributed by atoms with van der Waals surface area (Å²) in [6.07, 6.45) is 4.22. The summed E-state index contributed by atoms with van der Waals surface area (Å²) in [6, 6.07) is 18.1. The number of nitriles is 1. The van der Waals surface area contributed by atoms with E-state index < -0.39 is 11.9 Å². The fourth-order valence-electron chi connectivity index (χ4n) is 2.54. The standard InChI is InChI=1S/C21H13NO4/c22-13-17-20(16-4-2-1-3-5-16)18(26-21(17)25)12-15-8-6-14(7-9-15)10-11-19(23)24/h1-12H,(H,23,24). The number of benzene rings is 2. The highest BCUT2D eigenvalue weighted by molar-refractivity contribution is 6.11. The van der Waals surface area contributed by atoms with Gasteiger partial charge in [-0.25, -0.2) is 9.59 Å². The average molecular weight is 343 g/mol. The molecule has 1 aliphatic heterocycles. The molecule has 0 amide bonds. The SMILES string of the molecule is N#CC1=C(c2ccccc2)C(=Cc2ccc(C=CC(=O)O)cc2)OC1=O. The molecule has 0 atom stereocenters. The van der Waals surface area contributed by atoms with Gasteiger partial charge >= 0.3 is 11.9 Å². The number of carbonyl (C=O) groups excluding carboxylic acids is 1. The van der Waals surface area contributed by atoms with E-state index in [1.807, 2.05) is 36.4 Å². The monoisotopic (exact) mass is 343 g/mol. The second-order valence-electron chi connectivity index (χ2n) is 5.46. The summed E-state index contributed by atoms with van der Waals surface area (Å²) in [6.45, 7) is 0. The van der Waals surface area contributed by atoms with Gasteiger partial charge in [-0.3, -0.25) is 0 Å². The van der Waals surface area contributed by atoms with E-state index in [1.165, 1.54) is 6.08 Å². The quantitative estimate of drug-likeness (QED) is 0.676. The summed E-state index contributed by atoms with van der Waals surface area (Å²) >= 11 is 0. The Morgan fingerprint density at radius 2 is 1.69 bits per heavy atom. The van der Waals surface area contributed by atoms with Gasteiger partial charge in [0.1, 0.15) is 17.4 Å². The van der Waals surface area contributed by atoms with Crippen LogP contribution in [0.4, 0.5) is 0 Å². The van der Waals surface area contributed by atoms with Crippen molar-refractivity contribution in [2.75, 3.05) is 0 Å². The van der Waals surface area contributed by atoms with Crippen LogP contribution in [0.25, 0.3) is 17.7 Å². The number of aliphatic carboxylic acids is 1. The highest BCUT2D eigenvalue weighted by atomic mass is 16.5. The van der Waals surface area contributed by atoms with Crippen molar-refractivity contribution < 1.29 is 19.4 Å². The topological polar surface area (TPSA) is 87.4 Å². The van der Waals surface area contributed by atoms with Gasteiger partial charge in [-0.15, -0.1) is 0 Å². The van der Waals surface area contributed by atoms with E-state index in [4.69, 9.17) is 9.84 Å². The van der Waals surface area contributed by atoms with Crippen LogP contribution < -0.4 is 0 Å². The first kappa shape index (κ1) is 16.9. The Hall–Kier alpha value is -3.91. The molecular weight excluding hydrogens is 330 g/mol. The molecule has 0 aliphatic carbocycles. The normalized spacial score (nSPS) is 15.3. The maximum Gasteiger partial charge on any atom is 0.355 e. The third kappa shape index (κ3) is 3.60. The van der Waals surface area contributed by atoms with E-state index in [0.717, 1.165) is 22.8 Å². The molecule has 1 heterocycles. The van der Waals surface area contributed by atoms with Gasteiger partial charge in [-0.05, 0) is 28.8 Å². The van der Waals surface area contributed by atoms with Gasteiger partial charge in [0, 0.05) is 11.6 Å². The lowest BCUT2D eigenvalue weighted by Gasteiger charge is -2.05. The molecule has 5 nitrogen and oxygen atoms in total. The summed E-state index contributed by atoms with van der Waals surface area (Å²) in [4.78, 5) is 22.5. The van der Waals surface area contributed by atoms with Crippen molar-refractivity contribution >= 4 is 29.7 Å². The van der Waals surface area contributed by atoms with Gasteiger partial charge < -0.3 is 9.84 Å². The van der Waals surface area contributed by atoms with Gasteiger partial charge in [-0.1, -0.05) is 54.6 Å². The molecule has 2 aromatic carbocycles. The van der Waals surface area contributed by atoms with Crippen LogP contribution in [0.2, 0.25) is 0 Å². The molecule has 26 heavy (non-hydrogen) atoms. The van der Waals surface area contributed by atoms with Crippen LogP contribution in [0.15, 0.2) is 72.0 Å². The first-order valence-electron chi connectivity index (χ1n) is 7.73. The van der Waals surface area contributed by atoms with Gasteiger partial charge in [0.25, 0.3) is 0 Å². The third-order valence-corrected chi connectivity index (χ3v) is 3.73. The third-order valence-electron chi connectivity index (χ3n) is 3.73. The van der Waals surface area contributed by atoms with Gasteiger partial charge in [0.2, 0.25) is 0 Å². The first-order chi connectivity index (χ1) is 12.6. The molecule has 126 valence electrons. The molecule has 1 aliphatic rings. The predicted octanol–water partition coefficient (Wildman–Crippen LogP) is 3.66. The lowest BCUT2D eigenvalue weighted by atomic mass is 9.99. The highest BCUT2D eigenvalue weighted by Gasteiger charge is 2.30. The molecule has 0 radical (unpaired) electrons. The highest BCUT2D eigenvalue weighted by Crippen LogP contribution is 2.35. The number of hydrogen-bond donors (Lipinski definition) is 1. The molecule has 0 saturated heterocycles. The van der Waals surface area contributed by atoms with Crippen LogP contribution in [-0.2, 0) is 14.3 Å². The summed E-state index contributed by atoms with van der Waals surface area (Å²) in [5.41, 5.74) is 2.65. The van der Waals surface area contributed by atoms with Crippen molar-refractivity contribution in [1.29, 1.82) is 5.26 Å². The molecule has 5 heteroatoms. The van der Waals surface area contributed by atoms with Crippen LogP contribution in [0, 0.1) is 11.3 Å². The zero-order valence-electron chi connectivity index (χ0n) is 13.5. The van der Waals surface area contributed by atoms with Crippen molar-refractivity contribution in [3.63, 3.8) is 0 Å². The summed E-state index contributed by atoms with van der Waals surface area (Å²) in [7, 11) is 0. The number of carboxylic acids is 1. The molecule has 0 bridgehead atoms. The van der Waals surface area contributed by atoms with Crippen LogP contribution in [0.1, 0.15) is 16.7 Å². The number of carbonyl (C=O) groups is 2. The zero-order valence-corrected chi connectivity index (χ0v) is 13.5. The van der Waals surface area contributed by atoms with Crippen LogP contribution in [0.5, 0.6) is 0 Å². The molecule has 0 unspecified atom stereocenters. The number of carboxylic acid groups (broad SMARTS) is 1. The predicted molar refractivity (Wildman–Crippen MR) is 96.2 cm³/mol. The molecule has 0 saturated carbocycles. The van der Waals surface area contributed by atoms with E-state index in [0.29, 0.717) is 11.3 Å². The van der Waals surface area contributed by atoms with E-state index in [-0.39, 0.29) is 5.57 Å². The Labute approximate surface area is 149 Å². The number of cyclic esters (lactones) is 1. The number of allylic oxidation sites excluding steroid dienone is 1. The Kier molecular flexibility index (Phi) is 4.77. The number of ether oxygens (including phenoxy) is 1. The number of rotatable bonds is 4. The van der Waals surface area contributed by atoms with Crippen molar-refractivity contribution in [1.82, 2.24) is 0 Å². The molecule has 0 aromatic heterocycles. The summed E-state index contributed by atoms with van der Waals surface area (Å²) in [5, 5.41) is 18.0.